The fourth-order valence-corrected chi connectivity index (χ4v) is 5.38. The number of hydrogen-bond acceptors (Lipinski definition) is 4. The van der Waals surface area contributed by atoms with Crippen LogP contribution in [-0.4, -0.2) is 30.3 Å². The summed E-state index contributed by atoms with van der Waals surface area (Å²) < 4.78 is 27.3. The molecule has 1 saturated heterocycles. The van der Waals surface area contributed by atoms with Gasteiger partial charge in [0.1, 0.15) is 5.82 Å². The van der Waals surface area contributed by atoms with Crippen LogP contribution in [0.2, 0.25) is 0 Å². The zero-order chi connectivity index (χ0) is 14.2. The van der Waals surface area contributed by atoms with E-state index in [-0.39, 0.29) is 16.8 Å². The van der Waals surface area contributed by atoms with Gasteiger partial charge in [-0.05, 0) is 37.7 Å². The van der Waals surface area contributed by atoms with Gasteiger partial charge < -0.3 is 5.73 Å². The van der Waals surface area contributed by atoms with Crippen LogP contribution in [0.5, 0.6) is 0 Å². The van der Waals surface area contributed by atoms with Gasteiger partial charge in [0.2, 0.25) is 10.0 Å². The summed E-state index contributed by atoms with van der Waals surface area (Å²) in [6.45, 7) is 0.631. The van der Waals surface area contributed by atoms with Crippen LogP contribution in [-0.2, 0) is 10.0 Å². The van der Waals surface area contributed by atoms with E-state index in [1.165, 1.54) is 31.2 Å². The first kappa shape index (κ1) is 13.8. The van der Waals surface area contributed by atoms with Crippen LogP contribution in [0.1, 0.15) is 38.5 Å². The van der Waals surface area contributed by atoms with Gasteiger partial charge in [0.05, 0.1) is 4.90 Å². The Labute approximate surface area is 120 Å². The predicted octanol–water partition coefficient (Wildman–Crippen LogP) is 2.01. The molecule has 2 fully saturated rings. The summed E-state index contributed by atoms with van der Waals surface area (Å²) >= 11 is 0. The Morgan fingerprint density at radius 1 is 1.20 bits per heavy atom. The van der Waals surface area contributed by atoms with E-state index in [0.29, 0.717) is 12.5 Å². The van der Waals surface area contributed by atoms with Gasteiger partial charge in [-0.25, -0.2) is 13.4 Å². The van der Waals surface area contributed by atoms with Gasteiger partial charge >= 0.3 is 0 Å². The highest BCUT2D eigenvalue weighted by molar-refractivity contribution is 7.89. The van der Waals surface area contributed by atoms with E-state index in [0.717, 1.165) is 25.7 Å². The second-order valence-electron chi connectivity index (χ2n) is 5.79. The summed E-state index contributed by atoms with van der Waals surface area (Å²) in [5.74, 6) is 0.786. The first-order valence-electron chi connectivity index (χ1n) is 7.32. The highest BCUT2D eigenvalue weighted by atomic mass is 32.2. The van der Waals surface area contributed by atoms with E-state index < -0.39 is 10.0 Å². The molecule has 1 aromatic rings. The Kier molecular flexibility index (Phi) is 3.69. The van der Waals surface area contributed by atoms with Gasteiger partial charge in [-0.15, -0.1) is 0 Å². The van der Waals surface area contributed by atoms with E-state index in [9.17, 15) is 8.42 Å². The number of nitrogens with two attached hydrogens (primary N) is 1. The molecule has 1 saturated carbocycles. The molecule has 0 aromatic carbocycles. The van der Waals surface area contributed by atoms with E-state index in [2.05, 4.69) is 4.98 Å². The summed E-state index contributed by atoms with van der Waals surface area (Å²) in [6.07, 6.45) is 8.20. The molecule has 2 aliphatic rings. The van der Waals surface area contributed by atoms with Gasteiger partial charge in [0, 0.05) is 24.8 Å². The second-order valence-corrected chi connectivity index (χ2v) is 7.68. The van der Waals surface area contributed by atoms with Crippen LogP contribution < -0.4 is 5.73 Å². The van der Waals surface area contributed by atoms with Crippen molar-refractivity contribution in [2.24, 2.45) is 5.92 Å². The third-order valence-corrected chi connectivity index (χ3v) is 6.47. The molecule has 6 heteroatoms. The standard InChI is InChI=1S/C14H21N3O2S/c15-14-10-12(7-8-16-14)20(18,19)17-9-3-6-13(17)11-4-1-2-5-11/h7-8,10-11,13H,1-6,9H2,(H2,15,16). The summed E-state index contributed by atoms with van der Waals surface area (Å²) in [6, 6.07) is 3.17. The van der Waals surface area contributed by atoms with Crippen LogP contribution in [0.15, 0.2) is 23.2 Å². The Morgan fingerprint density at radius 2 is 1.95 bits per heavy atom. The van der Waals surface area contributed by atoms with Crippen molar-refractivity contribution in [3.8, 4) is 0 Å². The number of anilines is 1. The molecule has 0 radical (unpaired) electrons. The molecule has 0 bridgehead atoms. The Hall–Kier alpha value is -1.14. The average molecular weight is 295 g/mol. The summed E-state index contributed by atoms with van der Waals surface area (Å²) in [5, 5.41) is 0. The minimum Gasteiger partial charge on any atom is -0.384 e. The lowest BCUT2D eigenvalue weighted by molar-refractivity contribution is 0.288. The molecule has 1 atom stereocenters. The highest BCUT2D eigenvalue weighted by Crippen LogP contribution is 2.38. The lowest BCUT2D eigenvalue weighted by atomic mass is 9.97. The number of sulfonamides is 1. The molecule has 1 aliphatic carbocycles. The minimum absolute atomic E-state index is 0.178. The molecule has 2 N–H and O–H groups in total. The van der Waals surface area contributed by atoms with Crippen molar-refractivity contribution >= 4 is 15.8 Å². The molecule has 0 spiro atoms. The molecule has 20 heavy (non-hydrogen) atoms. The van der Waals surface area contributed by atoms with Crippen molar-refractivity contribution in [1.29, 1.82) is 0 Å². The minimum atomic E-state index is -3.43. The first-order chi connectivity index (χ1) is 9.59. The van der Waals surface area contributed by atoms with Crippen molar-refractivity contribution in [3.05, 3.63) is 18.3 Å². The van der Waals surface area contributed by atoms with Crippen LogP contribution in [0, 0.1) is 5.92 Å². The van der Waals surface area contributed by atoms with Gasteiger partial charge in [-0.1, -0.05) is 12.8 Å². The number of pyridine rings is 1. The Bertz CT molecular complexity index is 582. The maximum absolute atomic E-state index is 12.8. The second kappa shape index (κ2) is 5.33. The highest BCUT2D eigenvalue weighted by Gasteiger charge is 2.40. The normalized spacial score (nSPS) is 25.3. The topological polar surface area (TPSA) is 76.3 Å². The maximum atomic E-state index is 12.8. The van der Waals surface area contributed by atoms with E-state index >= 15 is 0 Å². The number of hydrogen-bond donors (Lipinski definition) is 1. The monoisotopic (exact) mass is 295 g/mol. The van der Waals surface area contributed by atoms with E-state index in [1.807, 2.05) is 0 Å². The molecule has 0 amide bonds. The van der Waals surface area contributed by atoms with Crippen molar-refractivity contribution in [2.75, 3.05) is 12.3 Å². The number of rotatable bonds is 3. The third kappa shape index (κ3) is 2.42. The number of nitrogens with zero attached hydrogens (tertiary/aromatic N) is 2. The van der Waals surface area contributed by atoms with Crippen molar-refractivity contribution in [1.82, 2.24) is 9.29 Å². The molecular weight excluding hydrogens is 274 g/mol. The zero-order valence-electron chi connectivity index (χ0n) is 11.5. The number of nitrogen functional groups attached to an aromatic ring is 1. The van der Waals surface area contributed by atoms with Crippen LogP contribution in [0.3, 0.4) is 0 Å². The van der Waals surface area contributed by atoms with Crippen LogP contribution in [0.25, 0.3) is 0 Å². The molecular formula is C14H21N3O2S. The van der Waals surface area contributed by atoms with Crippen molar-refractivity contribution in [2.45, 2.75) is 49.5 Å². The zero-order valence-corrected chi connectivity index (χ0v) is 12.3. The SMILES string of the molecule is Nc1cc(S(=O)(=O)N2CCCC2C2CCCC2)ccn1. The smallest absolute Gasteiger partial charge is 0.243 e. The Balaban J connectivity index is 1.89. The van der Waals surface area contributed by atoms with Gasteiger partial charge in [0.15, 0.2) is 0 Å². The van der Waals surface area contributed by atoms with Gasteiger partial charge in [0.25, 0.3) is 0 Å². The third-order valence-electron chi connectivity index (χ3n) is 4.55. The first-order valence-corrected chi connectivity index (χ1v) is 8.76. The summed E-state index contributed by atoms with van der Waals surface area (Å²) in [7, 11) is -3.43. The van der Waals surface area contributed by atoms with E-state index in [1.54, 1.807) is 4.31 Å². The fourth-order valence-electron chi connectivity index (χ4n) is 3.60. The van der Waals surface area contributed by atoms with Crippen molar-refractivity contribution in [3.63, 3.8) is 0 Å². The largest absolute Gasteiger partial charge is 0.384 e. The molecule has 1 aliphatic heterocycles. The lowest BCUT2D eigenvalue weighted by Gasteiger charge is -2.28. The van der Waals surface area contributed by atoms with Gasteiger partial charge in [-0.2, -0.15) is 4.31 Å². The molecule has 3 rings (SSSR count). The predicted molar refractivity (Wildman–Crippen MR) is 77.5 cm³/mol. The van der Waals surface area contributed by atoms with Crippen LogP contribution >= 0.6 is 0 Å². The molecule has 110 valence electrons. The molecule has 1 unspecified atom stereocenters. The number of aromatic nitrogens is 1. The van der Waals surface area contributed by atoms with Crippen LogP contribution in [0.4, 0.5) is 5.82 Å². The quantitative estimate of drug-likeness (QED) is 0.925. The average Bonchev–Trinajstić information content (AvgIpc) is 3.09. The molecule has 2 heterocycles. The fraction of sp³-hybridized carbons (Fsp3) is 0.643. The molecule has 5 nitrogen and oxygen atoms in total. The summed E-state index contributed by atoms with van der Waals surface area (Å²) in [5.41, 5.74) is 5.62. The molecule has 1 aromatic heterocycles. The van der Waals surface area contributed by atoms with Crippen molar-refractivity contribution < 1.29 is 8.42 Å². The summed E-state index contributed by atoms with van der Waals surface area (Å²) in [4.78, 5) is 4.14. The van der Waals surface area contributed by atoms with Gasteiger partial charge in [-0.3, -0.25) is 0 Å². The van der Waals surface area contributed by atoms with E-state index in [4.69, 9.17) is 5.73 Å². The lowest BCUT2D eigenvalue weighted by Crippen LogP contribution is -2.39. The maximum Gasteiger partial charge on any atom is 0.243 e. The Morgan fingerprint density at radius 3 is 2.65 bits per heavy atom.